The molecule has 1 fully saturated rings. The third kappa shape index (κ3) is 2.66. The van der Waals surface area contributed by atoms with E-state index in [9.17, 15) is 0 Å². The van der Waals surface area contributed by atoms with Gasteiger partial charge in [-0.15, -0.1) is 6.58 Å². The van der Waals surface area contributed by atoms with E-state index in [0.717, 1.165) is 5.02 Å². The van der Waals surface area contributed by atoms with Crippen LogP contribution in [0.5, 0.6) is 0 Å². The molecule has 2 rings (SSSR count). The zero-order valence-corrected chi connectivity index (χ0v) is 10.4. The second kappa shape index (κ2) is 5.03. The average Bonchev–Trinajstić information content (AvgIpc) is 2.24. The molecule has 0 spiro atoms. The van der Waals surface area contributed by atoms with Gasteiger partial charge in [0, 0.05) is 17.1 Å². The molecule has 1 aliphatic carbocycles. The molecule has 1 saturated carbocycles. The van der Waals surface area contributed by atoms with Crippen LogP contribution in [-0.2, 0) is 0 Å². The largest absolute Gasteiger partial charge is 0.308 e. The van der Waals surface area contributed by atoms with Gasteiger partial charge in [0.25, 0.3) is 0 Å². The molecular weight excluding hydrogens is 218 g/mol. The lowest BCUT2D eigenvalue weighted by atomic mass is 9.75. The van der Waals surface area contributed by atoms with Gasteiger partial charge in [0.1, 0.15) is 0 Å². The summed E-state index contributed by atoms with van der Waals surface area (Å²) in [5, 5.41) is 4.35. The molecule has 1 aliphatic rings. The molecule has 1 nitrogen and oxygen atoms in total. The van der Waals surface area contributed by atoms with Crippen molar-refractivity contribution < 1.29 is 0 Å². The predicted molar refractivity (Wildman–Crippen MR) is 70.0 cm³/mol. The molecule has 16 heavy (non-hydrogen) atoms. The lowest BCUT2D eigenvalue weighted by Crippen LogP contribution is -2.43. The molecule has 0 heterocycles. The Kier molecular flexibility index (Phi) is 3.67. The van der Waals surface area contributed by atoms with E-state index in [0.29, 0.717) is 18.0 Å². The van der Waals surface area contributed by atoms with Crippen LogP contribution in [0.15, 0.2) is 36.9 Å². The minimum Gasteiger partial charge on any atom is -0.308 e. The molecule has 0 aliphatic heterocycles. The first kappa shape index (κ1) is 11.7. The number of nitrogens with one attached hydrogen (secondary N) is 1. The first-order valence-electron chi connectivity index (χ1n) is 5.83. The summed E-state index contributed by atoms with van der Waals surface area (Å²) in [6.45, 7) is 5.92. The van der Waals surface area contributed by atoms with Gasteiger partial charge in [-0.05, 0) is 43.4 Å². The van der Waals surface area contributed by atoms with Crippen molar-refractivity contribution in [1.29, 1.82) is 0 Å². The van der Waals surface area contributed by atoms with Crippen molar-refractivity contribution in [2.45, 2.75) is 37.8 Å². The third-order valence-corrected chi connectivity index (χ3v) is 3.58. The molecule has 0 amide bonds. The number of rotatable bonds is 4. The first-order chi connectivity index (χ1) is 7.69. The van der Waals surface area contributed by atoms with Gasteiger partial charge < -0.3 is 5.32 Å². The summed E-state index contributed by atoms with van der Waals surface area (Å²) in [7, 11) is 0. The summed E-state index contributed by atoms with van der Waals surface area (Å²) >= 11 is 5.87. The van der Waals surface area contributed by atoms with E-state index in [2.05, 4.69) is 31.0 Å². The van der Waals surface area contributed by atoms with E-state index in [1.54, 1.807) is 0 Å². The van der Waals surface area contributed by atoms with Crippen LogP contribution in [-0.4, -0.2) is 12.1 Å². The second-order valence-electron chi connectivity index (χ2n) is 4.61. The van der Waals surface area contributed by atoms with Crippen LogP contribution in [0.2, 0.25) is 5.02 Å². The molecular formula is C14H18ClN. The van der Waals surface area contributed by atoms with Crippen molar-refractivity contribution in [1.82, 2.24) is 5.32 Å². The maximum atomic E-state index is 5.87. The number of hydrogen-bond acceptors (Lipinski definition) is 1. The third-order valence-electron chi connectivity index (χ3n) is 3.33. The molecule has 86 valence electrons. The fourth-order valence-corrected chi connectivity index (χ4v) is 2.33. The van der Waals surface area contributed by atoms with E-state index in [1.807, 2.05) is 18.2 Å². The summed E-state index contributed by atoms with van der Waals surface area (Å²) in [6, 6.07) is 9.29. The van der Waals surface area contributed by atoms with Gasteiger partial charge in [-0.3, -0.25) is 0 Å². The van der Waals surface area contributed by atoms with Crippen molar-refractivity contribution in [3.63, 3.8) is 0 Å². The van der Waals surface area contributed by atoms with Gasteiger partial charge in [0.05, 0.1) is 0 Å². The Morgan fingerprint density at radius 1 is 1.38 bits per heavy atom. The van der Waals surface area contributed by atoms with Gasteiger partial charge in [-0.1, -0.05) is 29.8 Å². The summed E-state index contributed by atoms with van der Waals surface area (Å²) < 4.78 is 0. The van der Waals surface area contributed by atoms with Crippen LogP contribution in [0.3, 0.4) is 0 Å². The van der Waals surface area contributed by atoms with Crippen molar-refractivity contribution in [3.05, 3.63) is 47.5 Å². The SMILES string of the molecule is C=CC(C)NC1CC(c2ccc(Cl)cc2)C1. The summed E-state index contributed by atoms with van der Waals surface area (Å²) in [5.74, 6) is 0.701. The van der Waals surface area contributed by atoms with Gasteiger partial charge in [0.15, 0.2) is 0 Å². The van der Waals surface area contributed by atoms with Gasteiger partial charge in [-0.2, -0.15) is 0 Å². The fourth-order valence-electron chi connectivity index (χ4n) is 2.20. The zero-order chi connectivity index (χ0) is 11.5. The zero-order valence-electron chi connectivity index (χ0n) is 9.62. The topological polar surface area (TPSA) is 12.0 Å². The molecule has 0 bridgehead atoms. The molecule has 0 saturated heterocycles. The van der Waals surface area contributed by atoms with Gasteiger partial charge in [0.2, 0.25) is 0 Å². The average molecular weight is 236 g/mol. The number of hydrogen-bond donors (Lipinski definition) is 1. The highest BCUT2D eigenvalue weighted by molar-refractivity contribution is 6.30. The molecule has 0 aromatic heterocycles. The van der Waals surface area contributed by atoms with Crippen LogP contribution in [0, 0.1) is 0 Å². The predicted octanol–water partition coefficient (Wildman–Crippen LogP) is 3.75. The Balaban J connectivity index is 1.84. The normalized spacial score (nSPS) is 25.9. The van der Waals surface area contributed by atoms with E-state index < -0.39 is 0 Å². The van der Waals surface area contributed by atoms with Crippen LogP contribution in [0.25, 0.3) is 0 Å². The number of benzene rings is 1. The minimum atomic E-state index is 0.413. The molecule has 1 aromatic rings. The van der Waals surface area contributed by atoms with Crippen LogP contribution < -0.4 is 5.32 Å². The highest BCUT2D eigenvalue weighted by Gasteiger charge is 2.30. The molecule has 1 atom stereocenters. The lowest BCUT2D eigenvalue weighted by Gasteiger charge is -2.37. The van der Waals surface area contributed by atoms with Crippen LogP contribution in [0.1, 0.15) is 31.2 Å². The highest BCUT2D eigenvalue weighted by Crippen LogP contribution is 2.37. The molecule has 2 heteroatoms. The van der Waals surface area contributed by atoms with Gasteiger partial charge in [-0.25, -0.2) is 0 Å². The summed E-state index contributed by atoms with van der Waals surface area (Å²) in [4.78, 5) is 0. The maximum absolute atomic E-state index is 5.87. The number of halogens is 1. The first-order valence-corrected chi connectivity index (χ1v) is 6.21. The standard InChI is InChI=1S/C14H18ClN/c1-3-10(2)16-14-8-12(9-14)11-4-6-13(15)7-5-11/h3-7,10,12,14,16H,1,8-9H2,2H3. The molecule has 1 aromatic carbocycles. The Hall–Kier alpha value is -0.790. The Bertz CT molecular complexity index is 352. The maximum Gasteiger partial charge on any atom is 0.0406 e. The Morgan fingerprint density at radius 3 is 2.56 bits per heavy atom. The monoisotopic (exact) mass is 235 g/mol. The quantitative estimate of drug-likeness (QED) is 0.784. The molecule has 1 N–H and O–H groups in total. The smallest absolute Gasteiger partial charge is 0.0406 e. The molecule has 1 unspecified atom stereocenters. The van der Waals surface area contributed by atoms with Crippen molar-refractivity contribution in [3.8, 4) is 0 Å². The highest BCUT2D eigenvalue weighted by atomic mass is 35.5. The Morgan fingerprint density at radius 2 is 2.00 bits per heavy atom. The van der Waals surface area contributed by atoms with E-state index in [4.69, 9.17) is 11.6 Å². The van der Waals surface area contributed by atoms with Crippen LogP contribution in [0.4, 0.5) is 0 Å². The van der Waals surface area contributed by atoms with E-state index >= 15 is 0 Å². The summed E-state index contributed by atoms with van der Waals surface area (Å²) in [6.07, 6.45) is 4.40. The lowest BCUT2D eigenvalue weighted by molar-refractivity contribution is 0.282. The fraction of sp³-hybridized carbons (Fsp3) is 0.429. The molecule has 0 radical (unpaired) electrons. The summed E-state index contributed by atoms with van der Waals surface area (Å²) in [5.41, 5.74) is 1.41. The van der Waals surface area contributed by atoms with E-state index in [1.165, 1.54) is 18.4 Å². The van der Waals surface area contributed by atoms with Crippen molar-refractivity contribution in [2.24, 2.45) is 0 Å². The Labute approximate surface area is 103 Å². The van der Waals surface area contributed by atoms with Crippen molar-refractivity contribution >= 4 is 11.6 Å². The second-order valence-corrected chi connectivity index (χ2v) is 5.04. The van der Waals surface area contributed by atoms with E-state index in [-0.39, 0.29) is 0 Å². The van der Waals surface area contributed by atoms with Crippen LogP contribution >= 0.6 is 11.6 Å². The minimum absolute atomic E-state index is 0.413. The van der Waals surface area contributed by atoms with Gasteiger partial charge >= 0.3 is 0 Å². The van der Waals surface area contributed by atoms with Crippen molar-refractivity contribution in [2.75, 3.05) is 0 Å².